The van der Waals surface area contributed by atoms with Gasteiger partial charge in [-0.05, 0) is 62.1 Å². The van der Waals surface area contributed by atoms with Crippen LogP contribution in [0.3, 0.4) is 0 Å². The Kier molecular flexibility index (Phi) is 4.04. The predicted octanol–water partition coefficient (Wildman–Crippen LogP) is 4.20. The molecular formula is C21H23N3O. The molecule has 1 aliphatic rings. The van der Waals surface area contributed by atoms with Crippen molar-refractivity contribution in [2.75, 3.05) is 13.1 Å². The number of hydrogen-bond donors (Lipinski definition) is 1. The van der Waals surface area contributed by atoms with E-state index in [2.05, 4.69) is 18.8 Å². The Morgan fingerprint density at radius 1 is 1.16 bits per heavy atom. The van der Waals surface area contributed by atoms with Crippen LogP contribution in [0.25, 0.3) is 11.0 Å². The summed E-state index contributed by atoms with van der Waals surface area (Å²) in [6.45, 7) is 5.68. The van der Waals surface area contributed by atoms with Gasteiger partial charge in [0, 0.05) is 24.6 Å². The highest BCUT2D eigenvalue weighted by atomic mass is 16.2. The number of nitrogens with zero attached hydrogens (tertiary/aromatic N) is 2. The number of piperidine rings is 1. The number of imidazole rings is 1. The molecule has 128 valence electrons. The molecule has 0 radical (unpaired) electrons. The van der Waals surface area contributed by atoms with Gasteiger partial charge < -0.3 is 9.88 Å². The van der Waals surface area contributed by atoms with E-state index in [-0.39, 0.29) is 11.8 Å². The number of carbonyl (C=O) groups excluding carboxylic acids is 1. The van der Waals surface area contributed by atoms with Crippen molar-refractivity contribution in [1.82, 2.24) is 14.9 Å². The van der Waals surface area contributed by atoms with E-state index < -0.39 is 0 Å². The molecule has 4 heteroatoms. The molecule has 1 atom stereocenters. The first-order valence-electron chi connectivity index (χ1n) is 8.93. The van der Waals surface area contributed by atoms with Crippen molar-refractivity contribution in [2.45, 2.75) is 32.6 Å². The fourth-order valence-corrected chi connectivity index (χ4v) is 3.61. The summed E-state index contributed by atoms with van der Waals surface area (Å²) >= 11 is 0. The van der Waals surface area contributed by atoms with Gasteiger partial charge in [-0.1, -0.05) is 18.2 Å². The molecule has 4 rings (SSSR count). The molecule has 0 bridgehead atoms. The summed E-state index contributed by atoms with van der Waals surface area (Å²) in [6.07, 6.45) is 2.08. The molecule has 3 aromatic rings. The van der Waals surface area contributed by atoms with Crippen LogP contribution in [-0.4, -0.2) is 33.9 Å². The molecule has 1 fully saturated rings. The first-order chi connectivity index (χ1) is 12.1. The second kappa shape index (κ2) is 6.36. The number of nitrogens with one attached hydrogen (secondary N) is 1. The van der Waals surface area contributed by atoms with Crippen molar-refractivity contribution < 1.29 is 4.79 Å². The Balaban J connectivity index is 1.55. The lowest BCUT2D eigenvalue weighted by atomic mass is 9.96. The summed E-state index contributed by atoms with van der Waals surface area (Å²) in [6, 6.07) is 14.1. The van der Waals surface area contributed by atoms with E-state index in [4.69, 9.17) is 4.98 Å². The van der Waals surface area contributed by atoms with E-state index >= 15 is 0 Å². The Morgan fingerprint density at radius 3 is 2.80 bits per heavy atom. The minimum Gasteiger partial charge on any atom is -0.342 e. The number of para-hydroxylation sites is 2. The normalized spacial score (nSPS) is 17.8. The van der Waals surface area contributed by atoms with Gasteiger partial charge in [0.15, 0.2) is 0 Å². The zero-order chi connectivity index (χ0) is 17.4. The van der Waals surface area contributed by atoms with Crippen LogP contribution in [0.5, 0.6) is 0 Å². The van der Waals surface area contributed by atoms with Gasteiger partial charge in [0.2, 0.25) is 0 Å². The smallest absolute Gasteiger partial charge is 0.253 e. The quantitative estimate of drug-likeness (QED) is 0.764. The molecule has 1 amide bonds. The Hall–Kier alpha value is -2.62. The monoisotopic (exact) mass is 333 g/mol. The third kappa shape index (κ3) is 3.04. The van der Waals surface area contributed by atoms with E-state index in [1.54, 1.807) is 0 Å². The number of benzene rings is 2. The van der Waals surface area contributed by atoms with Gasteiger partial charge in [-0.15, -0.1) is 0 Å². The fourth-order valence-electron chi connectivity index (χ4n) is 3.61. The van der Waals surface area contributed by atoms with Crippen LogP contribution in [0, 0.1) is 13.8 Å². The van der Waals surface area contributed by atoms with Gasteiger partial charge >= 0.3 is 0 Å². The Morgan fingerprint density at radius 2 is 2.00 bits per heavy atom. The maximum Gasteiger partial charge on any atom is 0.253 e. The number of aromatic amines is 1. The summed E-state index contributed by atoms with van der Waals surface area (Å²) in [7, 11) is 0. The minimum atomic E-state index is 0.129. The molecule has 25 heavy (non-hydrogen) atoms. The topological polar surface area (TPSA) is 49.0 Å². The molecule has 2 heterocycles. The molecule has 0 spiro atoms. The number of H-pyrrole nitrogens is 1. The zero-order valence-corrected chi connectivity index (χ0v) is 14.7. The third-order valence-corrected chi connectivity index (χ3v) is 5.26. The number of amides is 1. The van der Waals surface area contributed by atoms with Gasteiger partial charge in [-0.25, -0.2) is 4.98 Å². The molecular weight excluding hydrogens is 310 g/mol. The number of carbonyl (C=O) groups is 1. The first-order valence-corrected chi connectivity index (χ1v) is 8.93. The summed E-state index contributed by atoms with van der Waals surface area (Å²) in [4.78, 5) is 23.1. The summed E-state index contributed by atoms with van der Waals surface area (Å²) in [5.41, 5.74) is 5.23. The van der Waals surface area contributed by atoms with Crippen LogP contribution in [0.15, 0.2) is 42.5 Å². The average Bonchev–Trinajstić information content (AvgIpc) is 3.08. The molecule has 1 N–H and O–H groups in total. The maximum absolute atomic E-state index is 12.9. The van der Waals surface area contributed by atoms with Gasteiger partial charge in [-0.3, -0.25) is 4.79 Å². The van der Waals surface area contributed by atoms with Crippen molar-refractivity contribution >= 4 is 16.9 Å². The van der Waals surface area contributed by atoms with Crippen molar-refractivity contribution in [3.05, 3.63) is 65.0 Å². The van der Waals surface area contributed by atoms with E-state index in [1.165, 1.54) is 5.56 Å². The van der Waals surface area contributed by atoms with Crippen LogP contribution < -0.4 is 0 Å². The van der Waals surface area contributed by atoms with Crippen molar-refractivity contribution in [1.29, 1.82) is 0 Å². The molecule has 1 unspecified atom stereocenters. The van der Waals surface area contributed by atoms with Crippen molar-refractivity contribution in [3.8, 4) is 0 Å². The van der Waals surface area contributed by atoms with E-state index in [0.29, 0.717) is 0 Å². The number of rotatable bonds is 2. The van der Waals surface area contributed by atoms with Crippen molar-refractivity contribution in [2.24, 2.45) is 0 Å². The summed E-state index contributed by atoms with van der Waals surface area (Å²) < 4.78 is 0. The Labute approximate surface area is 147 Å². The highest BCUT2D eigenvalue weighted by Crippen LogP contribution is 2.27. The predicted molar refractivity (Wildman–Crippen MR) is 99.9 cm³/mol. The van der Waals surface area contributed by atoms with Gasteiger partial charge in [-0.2, -0.15) is 0 Å². The largest absolute Gasteiger partial charge is 0.342 e. The number of aryl methyl sites for hydroxylation is 2. The minimum absolute atomic E-state index is 0.129. The second-order valence-electron chi connectivity index (χ2n) is 7.03. The SMILES string of the molecule is Cc1ccc(C(=O)N2CCCC(c3nc4ccccc4[nH]3)C2)cc1C. The fraction of sp³-hybridized carbons (Fsp3) is 0.333. The molecule has 4 nitrogen and oxygen atoms in total. The van der Waals surface area contributed by atoms with Gasteiger partial charge in [0.1, 0.15) is 5.82 Å². The molecule has 0 saturated carbocycles. The van der Waals surface area contributed by atoms with Crippen LogP contribution >= 0.6 is 0 Å². The van der Waals surface area contributed by atoms with Crippen LogP contribution in [-0.2, 0) is 0 Å². The molecule has 1 aromatic heterocycles. The van der Waals surface area contributed by atoms with Crippen LogP contribution in [0.4, 0.5) is 0 Å². The van der Waals surface area contributed by atoms with E-state index in [1.807, 2.05) is 47.4 Å². The highest BCUT2D eigenvalue weighted by Gasteiger charge is 2.27. The van der Waals surface area contributed by atoms with E-state index in [9.17, 15) is 4.79 Å². The van der Waals surface area contributed by atoms with Gasteiger partial charge in [0.05, 0.1) is 11.0 Å². The molecule has 0 aliphatic carbocycles. The van der Waals surface area contributed by atoms with Gasteiger partial charge in [0.25, 0.3) is 5.91 Å². The number of aromatic nitrogens is 2. The zero-order valence-electron chi connectivity index (χ0n) is 14.7. The standard InChI is InChI=1S/C21H23N3O/c1-14-9-10-16(12-15(14)2)21(25)24-11-5-6-17(13-24)20-22-18-7-3-4-8-19(18)23-20/h3-4,7-10,12,17H,5-6,11,13H2,1-2H3,(H,22,23). The van der Waals surface area contributed by atoms with E-state index in [0.717, 1.165) is 53.9 Å². The third-order valence-electron chi connectivity index (χ3n) is 5.26. The van der Waals surface area contributed by atoms with Crippen LogP contribution in [0.1, 0.15) is 46.1 Å². The van der Waals surface area contributed by atoms with Crippen molar-refractivity contribution in [3.63, 3.8) is 0 Å². The molecule has 2 aromatic carbocycles. The maximum atomic E-state index is 12.9. The number of hydrogen-bond acceptors (Lipinski definition) is 2. The molecule has 1 saturated heterocycles. The lowest BCUT2D eigenvalue weighted by Crippen LogP contribution is -2.39. The average molecular weight is 333 g/mol. The number of likely N-dealkylation sites (tertiary alicyclic amines) is 1. The van der Waals surface area contributed by atoms with Crippen LogP contribution in [0.2, 0.25) is 0 Å². The lowest BCUT2D eigenvalue weighted by molar-refractivity contribution is 0.0705. The molecule has 1 aliphatic heterocycles. The highest BCUT2D eigenvalue weighted by molar-refractivity contribution is 5.94. The Bertz CT molecular complexity index is 895. The summed E-state index contributed by atoms with van der Waals surface area (Å²) in [5, 5.41) is 0. The summed E-state index contributed by atoms with van der Waals surface area (Å²) in [5.74, 6) is 1.40. The lowest BCUT2D eigenvalue weighted by Gasteiger charge is -2.32. The number of fused-ring (bicyclic) bond motifs is 1. The second-order valence-corrected chi connectivity index (χ2v) is 7.03. The first kappa shape index (κ1) is 15.9.